The van der Waals surface area contributed by atoms with E-state index in [1.807, 2.05) is 42.5 Å². The zero-order valence-corrected chi connectivity index (χ0v) is 19.4. The first-order valence-corrected chi connectivity index (χ1v) is 12.2. The van der Waals surface area contributed by atoms with Crippen LogP contribution in [0.4, 0.5) is 5.69 Å². The Morgan fingerprint density at radius 1 is 0.794 bits per heavy atom. The number of hydrogen-bond acceptors (Lipinski definition) is 5. The molecule has 1 amide bonds. The van der Waals surface area contributed by atoms with Crippen molar-refractivity contribution in [1.82, 2.24) is 4.90 Å². The second-order valence-electron chi connectivity index (χ2n) is 8.35. The van der Waals surface area contributed by atoms with Crippen LogP contribution in [-0.2, 0) is 4.79 Å². The van der Waals surface area contributed by atoms with Gasteiger partial charge < -0.3 is 14.2 Å². The van der Waals surface area contributed by atoms with Crippen LogP contribution in [0, 0.1) is 0 Å². The zero-order chi connectivity index (χ0) is 22.9. The van der Waals surface area contributed by atoms with Crippen LogP contribution in [-0.4, -0.2) is 42.2 Å². The molecule has 0 radical (unpaired) electrons. The first-order valence-electron chi connectivity index (χ1n) is 11.4. The molecule has 6 rings (SSSR count). The molecular formula is C28H23N3O2S. The molecule has 0 spiro atoms. The summed E-state index contributed by atoms with van der Waals surface area (Å²) in [7, 11) is 0. The van der Waals surface area contributed by atoms with Gasteiger partial charge >= 0.3 is 0 Å². The Morgan fingerprint density at radius 2 is 1.53 bits per heavy atom. The number of rotatable bonds is 3. The van der Waals surface area contributed by atoms with Crippen LogP contribution in [0.5, 0.6) is 0 Å². The van der Waals surface area contributed by atoms with Crippen molar-refractivity contribution in [1.29, 1.82) is 0 Å². The molecule has 1 saturated heterocycles. The molecule has 3 heterocycles. The number of fused-ring (bicyclic) bond motifs is 1. The number of thioether (sulfide) groups is 1. The van der Waals surface area contributed by atoms with E-state index in [0.717, 1.165) is 42.7 Å². The molecule has 5 nitrogen and oxygen atoms in total. The Balaban J connectivity index is 1.13. The molecule has 0 aliphatic carbocycles. The van der Waals surface area contributed by atoms with Gasteiger partial charge in [0.05, 0.1) is 4.91 Å². The number of carbonyl (C=O) groups excluding carboxylic acids is 1. The van der Waals surface area contributed by atoms with Crippen molar-refractivity contribution in [3.8, 4) is 11.3 Å². The molecule has 4 aromatic rings. The van der Waals surface area contributed by atoms with E-state index in [9.17, 15) is 4.79 Å². The predicted molar refractivity (Wildman–Crippen MR) is 140 cm³/mol. The third kappa shape index (κ3) is 4.01. The number of benzene rings is 3. The van der Waals surface area contributed by atoms with Gasteiger partial charge in [-0.1, -0.05) is 66.7 Å². The number of amidine groups is 1. The monoisotopic (exact) mass is 465 g/mol. The lowest BCUT2D eigenvalue weighted by atomic mass is 10.1. The van der Waals surface area contributed by atoms with Crippen molar-refractivity contribution >= 4 is 45.4 Å². The molecule has 0 unspecified atom stereocenters. The number of anilines is 1. The number of carbonyl (C=O) groups is 1. The van der Waals surface area contributed by atoms with Crippen LogP contribution in [0.15, 0.2) is 99.2 Å². The fourth-order valence-electron chi connectivity index (χ4n) is 4.47. The first-order chi connectivity index (χ1) is 16.7. The lowest BCUT2D eigenvalue weighted by Crippen LogP contribution is -2.47. The number of amides is 1. The van der Waals surface area contributed by atoms with Crippen molar-refractivity contribution in [2.45, 2.75) is 0 Å². The second kappa shape index (κ2) is 8.88. The average molecular weight is 466 g/mol. The van der Waals surface area contributed by atoms with Gasteiger partial charge in [-0.15, -0.1) is 0 Å². The molecule has 168 valence electrons. The largest absolute Gasteiger partial charge is 0.457 e. The van der Waals surface area contributed by atoms with Crippen LogP contribution in [0.25, 0.3) is 28.2 Å². The molecule has 0 atom stereocenters. The van der Waals surface area contributed by atoms with Gasteiger partial charge in [-0.25, -0.2) is 0 Å². The van der Waals surface area contributed by atoms with Gasteiger partial charge in [-0.3, -0.25) is 4.79 Å². The Hall–Kier alpha value is -3.77. The van der Waals surface area contributed by atoms with Crippen molar-refractivity contribution in [2.24, 2.45) is 4.99 Å². The van der Waals surface area contributed by atoms with Crippen molar-refractivity contribution in [2.75, 3.05) is 31.1 Å². The highest BCUT2D eigenvalue weighted by molar-refractivity contribution is 8.18. The Bertz CT molecular complexity index is 1410. The Labute approximate surface area is 202 Å². The van der Waals surface area contributed by atoms with Gasteiger partial charge in [0.2, 0.25) is 0 Å². The molecule has 0 bridgehead atoms. The minimum absolute atomic E-state index is 0.200. The van der Waals surface area contributed by atoms with Crippen molar-refractivity contribution < 1.29 is 9.21 Å². The molecule has 2 aliphatic rings. The normalized spacial score (nSPS) is 17.6. The summed E-state index contributed by atoms with van der Waals surface area (Å²) in [5.41, 5.74) is 2.28. The van der Waals surface area contributed by atoms with Gasteiger partial charge in [-0.05, 0) is 35.3 Å². The third-order valence-electron chi connectivity index (χ3n) is 6.23. The highest BCUT2D eigenvalue weighted by Gasteiger charge is 2.29. The Kier molecular flexibility index (Phi) is 5.43. The summed E-state index contributed by atoms with van der Waals surface area (Å²) < 4.78 is 5.95. The van der Waals surface area contributed by atoms with Crippen LogP contribution in [0.1, 0.15) is 5.76 Å². The molecule has 6 heteroatoms. The number of piperazine rings is 1. The number of hydrogen-bond donors (Lipinski definition) is 0. The van der Waals surface area contributed by atoms with Gasteiger partial charge in [0, 0.05) is 48.9 Å². The lowest BCUT2D eigenvalue weighted by Gasteiger charge is -2.37. The van der Waals surface area contributed by atoms with Crippen LogP contribution >= 0.6 is 11.8 Å². The standard InChI is InChI=1S/C28H23N3O2S/c32-27-26(19-22-13-14-25(33-22)21-8-2-1-3-9-21)34-28(29-27)31-17-15-30(16-18-31)24-12-6-10-20-7-4-5-11-23(20)24/h1-14,19H,15-18H2. The quantitative estimate of drug-likeness (QED) is 0.353. The van der Waals surface area contributed by atoms with Crippen LogP contribution in [0.3, 0.4) is 0 Å². The summed E-state index contributed by atoms with van der Waals surface area (Å²) in [6.07, 6.45) is 1.79. The minimum atomic E-state index is -0.200. The van der Waals surface area contributed by atoms with Crippen LogP contribution < -0.4 is 4.90 Å². The first kappa shape index (κ1) is 20.8. The topological polar surface area (TPSA) is 49.1 Å². The average Bonchev–Trinajstić information content (AvgIpc) is 3.51. The summed E-state index contributed by atoms with van der Waals surface area (Å²) in [6.45, 7) is 3.43. The SMILES string of the molecule is O=C1N=C(N2CCN(c3cccc4ccccc34)CC2)SC1=Cc1ccc(-c2ccccc2)o1. The van der Waals surface area contributed by atoms with Crippen LogP contribution in [0.2, 0.25) is 0 Å². The number of aliphatic imine (C=N–C) groups is 1. The second-order valence-corrected chi connectivity index (χ2v) is 9.36. The van der Waals surface area contributed by atoms with Gasteiger partial charge in [0.25, 0.3) is 5.91 Å². The Morgan fingerprint density at radius 3 is 2.38 bits per heavy atom. The van der Waals surface area contributed by atoms with E-state index >= 15 is 0 Å². The van der Waals surface area contributed by atoms with Crippen molar-refractivity contribution in [3.05, 3.63) is 95.6 Å². The maximum Gasteiger partial charge on any atom is 0.286 e. The maximum atomic E-state index is 12.6. The summed E-state index contributed by atoms with van der Waals surface area (Å²) in [6, 6.07) is 28.7. The zero-order valence-electron chi connectivity index (χ0n) is 18.6. The molecule has 1 fully saturated rings. The fourth-order valence-corrected chi connectivity index (χ4v) is 5.42. The molecule has 2 aliphatic heterocycles. The van der Waals surface area contributed by atoms with E-state index < -0.39 is 0 Å². The number of nitrogens with zero attached hydrogens (tertiary/aromatic N) is 3. The summed E-state index contributed by atoms with van der Waals surface area (Å²) >= 11 is 1.43. The summed E-state index contributed by atoms with van der Waals surface area (Å²) in [4.78, 5) is 22.2. The van der Waals surface area contributed by atoms with E-state index in [0.29, 0.717) is 10.7 Å². The van der Waals surface area contributed by atoms with Gasteiger partial charge in [0.15, 0.2) is 5.17 Å². The maximum absolute atomic E-state index is 12.6. The summed E-state index contributed by atoms with van der Waals surface area (Å²) in [5.74, 6) is 1.25. The van der Waals surface area contributed by atoms with Gasteiger partial charge in [0.1, 0.15) is 11.5 Å². The third-order valence-corrected chi connectivity index (χ3v) is 7.27. The molecular weight excluding hydrogens is 442 g/mol. The minimum Gasteiger partial charge on any atom is -0.457 e. The fraction of sp³-hybridized carbons (Fsp3) is 0.143. The van der Waals surface area contributed by atoms with E-state index in [4.69, 9.17) is 4.42 Å². The predicted octanol–water partition coefficient (Wildman–Crippen LogP) is 5.89. The number of furan rings is 1. The van der Waals surface area contributed by atoms with Crippen molar-refractivity contribution in [3.63, 3.8) is 0 Å². The highest BCUT2D eigenvalue weighted by atomic mass is 32.2. The molecule has 3 aromatic carbocycles. The summed E-state index contributed by atoms with van der Waals surface area (Å²) in [5, 5.41) is 3.32. The van der Waals surface area contributed by atoms with E-state index in [1.54, 1.807) is 6.08 Å². The molecule has 0 saturated carbocycles. The van der Waals surface area contributed by atoms with E-state index in [1.165, 1.54) is 28.2 Å². The molecule has 34 heavy (non-hydrogen) atoms. The smallest absolute Gasteiger partial charge is 0.286 e. The highest BCUT2D eigenvalue weighted by Crippen LogP contribution is 2.33. The van der Waals surface area contributed by atoms with E-state index in [2.05, 4.69) is 57.3 Å². The molecule has 0 N–H and O–H groups in total. The lowest BCUT2D eigenvalue weighted by molar-refractivity contribution is -0.113. The van der Waals surface area contributed by atoms with Gasteiger partial charge in [-0.2, -0.15) is 4.99 Å². The van der Waals surface area contributed by atoms with E-state index in [-0.39, 0.29) is 5.91 Å². The molecule has 1 aromatic heterocycles.